The van der Waals surface area contributed by atoms with E-state index in [2.05, 4.69) is 5.32 Å². The topological polar surface area (TPSA) is 38.3 Å². The summed E-state index contributed by atoms with van der Waals surface area (Å²) in [6.07, 6.45) is 0.333. The van der Waals surface area contributed by atoms with Crippen molar-refractivity contribution in [2.24, 2.45) is 0 Å². The number of amides is 1. The largest absolute Gasteiger partial charge is 0.375 e. The monoisotopic (exact) mass is 303 g/mol. The molecule has 0 unspecified atom stereocenters. The van der Waals surface area contributed by atoms with Crippen LogP contribution >= 0.6 is 11.6 Å². The minimum atomic E-state index is -0.0272. The summed E-state index contributed by atoms with van der Waals surface area (Å²) in [6.45, 7) is 1.56. The number of hydrogen-bond acceptors (Lipinski definition) is 2. The second-order valence-corrected chi connectivity index (χ2v) is 5.13. The summed E-state index contributed by atoms with van der Waals surface area (Å²) in [6, 6.07) is 17.3. The van der Waals surface area contributed by atoms with Crippen LogP contribution in [0.15, 0.2) is 54.6 Å². The van der Waals surface area contributed by atoms with Crippen molar-refractivity contribution in [3.8, 4) is 0 Å². The first kappa shape index (κ1) is 15.5. The molecule has 1 amide bonds. The summed E-state index contributed by atoms with van der Waals surface area (Å²) in [4.78, 5) is 11.7. The summed E-state index contributed by atoms with van der Waals surface area (Å²) in [7, 11) is 0. The van der Waals surface area contributed by atoms with Crippen LogP contribution in [-0.2, 0) is 22.6 Å². The summed E-state index contributed by atoms with van der Waals surface area (Å²) in [5.74, 6) is -0.0272. The smallest absolute Gasteiger partial charge is 0.224 e. The number of hydrogen-bond donors (Lipinski definition) is 1. The van der Waals surface area contributed by atoms with Gasteiger partial charge in [-0.2, -0.15) is 0 Å². The predicted molar refractivity (Wildman–Crippen MR) is 84.3 cm³/mol. The lowest BCUT2D eigenvalue weighted by Gasteiger charge is -2.07. The molecule has 0 aliphatic carbocycles. The van der Waals surface area contributed by atoms with E-state index < -0.39 is 0 Å². The minimum Gasteiger partial charge on any atom is -0.375 e. The third-order valence-corrected chi connectivity index (χ3v) is 3.17. The Hall–Kier alpha value is -1.84. The van der Waals surface area contributed by atoms with Crippen molar-refractivity contribution in [2.75, 3.05) is 13.2 Å². The van der Waals surface area contributed by atoms with Gasteiger partial charge in [-0.25, -0.2) is 0 Å². The van der Waals surface area contributed by atoms with Gasteiger partial charge >= 0.3 is 0 Å². The van der Waals surface area contributed by atoms with Crippen molar-refractivity contribution in [3.63, 3.8) is 0 Å². The van der Waals surface area contributed by atoms with Crippen LogP contribution in [0.25, 0.3) is 0 Å². The maximum Gasteiger partial charge on any atom is 0.224 e. The van der Waals surface area contributed by atoms with E-state index in [1.54, 1.807) is 12.1 Å². The van der Waals surface area contributed by atoms with E-state index in [9.17, 15) is 4.79 Å². The van der Waals surface area contributed by atoms with E-state index in [0.29, 0.717) is 31.2 Å². The quantitative estimate of drug-likeness (QED) is 0.798. The van der Waals surface area contributed by atoms with Gasteiger partial charge in [0, 0.05) is 11.6 Å². The van der Waals surface area contributed by atoms with Crippen molar-refractivity contribution in [1.82, 2.24) is 5.32 Å². The van der Waals surface area contributed by atoms with Crippen LogP contribution in [0.2, 0.25) is 5.02 Å². The highest BCUT2D eigenvalue weighted by Crippen LogP contribution is 2.10. The molecule has 4 heteroatoms. The molecule has 2 aromatic carbocycles. The molecular weight excluding hydrogens is 286 g/mol. The molecule has 0 bridgehead atoms. The number of carbonyl (C=O) groups is 1. The molecule has 0 aliphatic heterocycles. The Morgan fingerprint density at radius 3 is 2.57 bits per heavy atom. The van der Waals surface area contributed by atoms with Gasteiger partial charge in [0.2, 0.25) is 5.91 Å². The third kappa shape index (κ3) is 5.98. The number of benzene rings is 2. The van der Waals surface area contributed by atoms with Crippen LogP contribution in [0, 0.1) is 0 Å². The number of rotatable bonds is 7. The lowest BCUT2D eigenvalue weighted by molar-refractivity contribution is -0.120. The van der Waals surface area contributed by atoms with E-state index in [4.69, 9.17) is 16.3 Å². The van der Waals surface area contributed by atoms with Gasteiger partial charge in [0.15, 0.2) is 0 Å². The summed E-state index contributed by atoms with van der Waals surface area (Å²) in [5.41, 5.74) is 2.04. The molecule has 0 fully saturated rings. The van der Waals surface area contributed by atoms with Crippen LogP contribution in [0.3, 0.4) is 0 Å². The molecular formula is C17H18ClNO2. The Morgan fingerprint density at radius 1 is 1.05 bits per heavy atom. The third-order valence-electron chi connectivity index (χ3n) is 2.93. The summed E-state index contributed by atoms with van der Waals surface area (Å²) < 4.78 is 5.50. The van der Waals surface area contributed by atoms with Crippen molar-refractivity contribution < 1.29 is 9.53 Å². The van der Waals surface area contributed by atoms with Crippen molar-refractivity contribution in [2.45, 2.75) is 13.0 Å². The zero-order valence-corrected chi connectivity index (χ0v) is 12.5. The van der Waals surface area contributed by atoms with E-state index >= 15 is 0 Å². The lowest BCUT2D eigenvalue weighted by atomic mass is 10.1. The zero-order chi connectivity index (χ0) is 14.9. The molecule has 0 spiro atoms. The molecule has 0 atom stereocenters. The fraction of sp³-hybridized carbons (Fsp3) is 0.235. The first-order chi connectivity index (χ1) is 10.2. The first-order valence-electron chi connectivity index (χ1n) is 6.87. The molecule has 0 aromatic heterocycles. The van der Waals surface area contributed by atoms with Gasteiger partial charge in [0.05, 0.1) is 19.6 Å². The maximum absolute atomic E-state index is 11.7. The fourth-order valence-corrected chi connectivity index (χ4v) is 2.13. The average Bonchev–Trinajstić information content (AvgIpc) is 2.48. The van der Waals surface area contributed by atoms with Crippen LogP contribution in [-0.4, -0.2) is 19.1 Å². The molecule has 0 aliphatic rings. The molecule has 21 heavy (non-hydrogen) atoms. The Kier molecular flexibility index (Phi) is 6.25. The standard InChI is InChI=1S/C17H18ClNO2/c18-16-8-4-7-15(11-16)12-17(20)19-9-10-21-13-14-5-2-1-3-6-14/h1-8,11H,9-10,12-13H2,(H,19,20). The van der Waals surface area contributed by atoms with E-state index in [-0.39, 0.29) is 5.91 Å². The Bertz CT molecular complexity index is 572. The van der Waals surface area contributed by atoms with Crippen molar-refractivity contribution >= 4 is 17.5 Å². The second-order valence-electron chi connectivity index (χ2n) is 4.69. The molecule has 0 heterocycles. The molecule has 0 saturated carbocycles. The first-order valence-corrected chi connectivity index (χ1v) is 7.24. The van der Waals surface area contributed by atoms with Crippen LogP contribution in [0.4, 0.5) is 0 Å². The summed E-state index contributed by atoms with van der Waals surface area (Å²) in [5, 5.41) is 3.47. The average molecular weight is 304 g/mol. The van der Waals surface area contributed by atoms with E-state index in [1.165, 1.54) is 0 Å². The Labute approximate surface area is 129 Å². The number of ether oxygens (including phenoxy) is 1. The van der Waals surface area contributed by atoms with Gasteiger partial charge in [-0.1, -0.05) is 54.1 Å². The van der Waals surface area contributed by atoms with Crippen molar-refractivity contribution in [1.29, 1.82) is 0 Å². The maximum atomic E-state index is 11.7. The number of halogens is 1. The van der Waals surface area contributed by atoms with Crippen LogP contribution in [0.1, 0.15) is 11.1 Å². The summed E-state index contributed by atoms with van der Waals surface area (Å²) >= 11 is 5.88. The van der Waals surface area contributed by atoms with Gasteiger partial charge < -0.3 is 10.1 Å². The molecule has 2 aromatic rings. The second kappa shape index (κ2) is 8.45. The SMILES string of the molecule is O=C(Cc1cccc(Cl)c1)NCCOCc1ccccc1. The molecule has 0 radical (unpaired) electrons. The van der Waals surface area contributed by atoms with Gasteiger partial charge in [0.1, 0.15) is 0 Å². The highest BCUT2D eigenvalue weighted by atomic mass is 35.5. The fourth-order valence-electron chi connectivity index (χ4n) is 1.92. The normalized spacial score (nSPS) is 10.3. The zero-order valence-electron chi connectivity index (χ0n) is 11.7. The van der Waals surface area contributed by atoms with Gasteiger partial charge in [-0.15, -0.1) is 0 Å². The molecule has 0 saturated heterocycles. The number of carbonyl (C=O) groups excluding carboxylic acids is 1. The number of nitrogens with one attached hydrogen (secondary N) is 1. The van der Waals surface area contributed by atoms with Gasteiger partial charge in [-0.05, 0) is 23.3 Å². The molecule has 110 valence electrons. The van der Waals surface area contributed by atoms with Crippen LogP contribution < -0.4 is 5.32 Å². The lowest BCUT2D eigenvalue weighted by Crippen LogP contribution is -2.28. The van der Waals surface area contributed by atoms with E-state index in [1.807, 2.05) is 42.5 Å². The highest BCUT2D eigenvalue weighted by molar-refractivity contribution is 6.30. The molecule has 2 rings (SSSR count). The van der Waals surface area contributed by atoms with Gasteiger partial charge in [-0.3, -0.25) is 4.79 Å². The van der Waals surface area contributed by atoms with Gasteiger partial charge in [0.25, 0.3) is 0 Å². The minimum absolute atomic E-state index is 0.0272. The highest BCUT2D eigenvalue weighted by Gasteiger charge is 2.03. The predicted octanol–water partition coefficient (Wildman–Crippen LogP) is 3.22. The Balaban J connectivity index is 1.61. The van der Waals surface area contributed by atoms with Crippen molar-refractivity contribution in [3.05, 3.63) is 70.7 Å². The van der Waals surface area contributed by atoms with Crippen LogP contribution in [0.5, 0.6) is 0 Å². The Morgan fingerprint density at radius 2 is 1.81 bits per heavy atom. The molecule has 3 nitrogen and oxygen atoms in total. The van der Waals surface area contributed by atoms with E-state index in [0.717, 1.165) is 11.1 Å². The molecule has 1 N–H and O–H groups in total.